The molecule has 0 aliphatic carbocycles. The van der Waals surface area contributed by atoms with E-state index in [1.165, 1.54) is 50.4 Å². The monoisotopic (exact) mass is 333 g/mol. The molecule has 0 saturated heterocycles. The van der Waals surface area contributed by atoms with Crippen LogP contribution in [0, 0.1) is 5.82 Å². The van der Waals surface area contributed by atoms with E-state index < -0.39 is 23.8 Å². The average Bonchev–Trinajstić information content (AvgIpc) is 2.57. The molecule has 0 bridgehead atoms. The smallest absolute Gasteiger partial charge is 0.342 e. The lowest BCUT2D eigenvalue weighted by Crippen LogP contribution is -2.30. The number of anilines is 1. The Morgan fingerprint density at radius 2 is 1.92 bits per heavy atom. The number of hydrogen-bond donors (Lipinski definition) is 2. The standard InChI is InChI=1S/C17H16FNO5/c1-10(16(21)19-14-6-4-3-5-13(14)18)24-17(22)12-9-11(23-2)7-8-15(12)20/h3-10,20H,1-2H3,(H,19,21). The van der Waals surface area contributed by atoms with Gasteiger partial charge in [0.1, 0.15) is 22.9 Å². The molecular formula is C17H16FNO5. The number of esters is 1. The van der Waals surface area contributed by atoms with Crippen molar-refractivity contribution in [3.05, 3.63) is 53.8 Å². The predicted octanol–water partition coefficient (Wildman–Crippen LogP) is 2.72. The Morgan fingerprint density at radius 1 is 1.21 bits per heavy atom. The van der Waals surface area contributed by atoms with Gasteiger partial charge in [-0.2, -0.15) is 0 Å². The molecule has 7 heteroatoms. The number of amides is 1. The molecule has 2 rings (SSSR count). The number of rotatable bonds is 5. The van der Waals surface area contributed by atoms with Gasteiger partial charge >= 0.3 is 5.97 Å². The van der Waals surface area contributed by atoms with Gasteiger partial charge in [-0.15, -0.1) is 0 Å². The quantitative estimate of drug-likeness (QED) is 0.822. The van der Waals surface area contributed by atoms with Crippen LogP contribution in [0.2, 0.25) is 0 Å². The summed E-state index contributed by atoms with van der Waals surface area (Å²) in [5, 5.41) is 12.0. The number of nitrogens with one attached hydrogen (secondary N) is 1. The van der Waals surface area contributed by atoms with E-state index >= 15 is 0 Å². The second kappa shape index (κ2) is 7.45. The van der Waals surface area contributed by atoms with Crippen LogP contribution >= 0.6 is 0 Å². The van der Waals surface area contributed by atoms with E-state index in [1.807, 2.05) is 0 Å². The van der Waals surface area contributed by atoms with Gasteiger partial charge in [0, 0.05) is 0 Å². The van der Waals surface area contributed by atoms with E-state index in [9.17, 15) is 19.1 Å². The third kappa shape index (κ3) is 4.01. The fourth-order valence-electron chi connectivity index (χ4n) is 1.88. The molecule has 0 aliphatic heterocycles. The Hall–Kier alpha value is -3.09. The normalized spacial score (nSPS) is 11.5. The van der Waals surface area contributed by atoms with Crippen LogP contribution in [0.25, 0.3) is 0 Å². The summed E-state index contributed by atoms with van der Waals surface area (Å²) in [5.74, 6) is -2.15. The van der Waals surface area contributed by atoms with Crippen molar-refractivity contribution >= 4 is 17.6 Å². The Kier molecular flexibility index (Phi) is 5.36. The fraction of sp³-hybridized carbons (Fsp3) is 0.176. The third-order valence-corrected chi connectivity index (χ3v) is 3.21. The van der Waals surface area contributed by atoms with Crippen molar-refractivity contribution in [1.29, 1.82) is 0 Å². The molecule has 1 unspecified atom stereocenters. The van der Waals surface area contributed by atoms with Gasteiger partial charge in [0.05, 0.1) is 12.8 Å². The van der Waals surface area contributed by atoms with Crippen LogP contribution in [0.4, 0.5) is 10.1 Å². The van der Waals surface area contributed by atoms with Gasteiger partial charge in [0.15, 0.2) is 6.10 Å². The second-order valence-corrected chi connectivity index (χ2v) is 4.90. The molecule has 1 amide bonds. The van der Waals surface area contributed by atoms with E-state index in [0.717, 1.165) is 0 Å². The second-order valence-electron chi connectivity index (χ2n) is 4.90. The molecule has 0 aliphatic rings. The number of carbonyl (C=O) groups excluding carboxylic acids is 2. The summed E-state index contributed by atoms with van der Waals surface area (Å²) in [4.78, 5) is 24.1. The fourth-order valence-corrected chi connectivity index (χ4v) is 1.88. The Labute approximate surface area is 137 Å². The number of halogens is 1. The van der Waals surface area contributed by atoms with Crippen LogP contribution in [0.5, 0.6) is 11.5 Å². The zero-order valence-corrected chi connectivity index (χ0v) is 13.1. The van der Waals surface area contributed by atoms with Gasteiger partial charge in [0.2, 0.25) is 0 Å². The zero-order valence-electron chi connectivity index (χ0n) is 13.1. The van der Waals surface area contributed by atoms with Gasteiger partial charge < -0.3 is 19.9 Å². The van der Waals surface area contributed by atoms with E-state index in [-0.39, 0.29) is 17.0 Å². The summed E-state index contributed by atoms with van der Waals surface area (Å²) in [6, 6.07) is 9.67. The lowest BCUT2D eigenvalue weighted by Gasteiger charge is -2.14. The molecule has 1 atom stereocenters. The summed E-state index contributed by atoms with van der Waals surface area (Å²) in [5.41, 5.74) is -0.158. The molecule has 126 valence electrons. The van der Waals surface area contributed by atoms with Crippen LogP contribution < -0.4 is 10.1 Å². The van der Waals surface area contributed by atoms with Gasteiger partial charge in [-0.1, -0.05) is 12.1 Å². The Bertz CT molecular complexity index is 762. The van der Waals surface area contributed by atoms with Gasteiger partial charge in [-0.3, -0.25) is 4.79 Å². The number of benzene rings is 2. The van der Waals surface area contributed by atoms with E-state index in [4.69, 9.17) is 9.47 Å². The minimum atomic E-state index is -1.19. The molecule has 0 aromatic heterocycles. The molecule has 0 heterocycles. The Balaban J connectivity index is 2.06. The molecule has 6 nitrogen and oxygen atoms in total. The maximum atomic E-state index is 13.5. The number of hydrogen-bond acceptors (Lipinski definition) is 5. The summed E-state index contributed by atoms with van der Waals surface area (Å²) in [6.45, 7) is 1.34. The van der Waals surface area contributed by atoms with E-state index in [0.29, 0.717) is 5.75 Å². The van der Waals surface area contributed by atoms with Crippen molar-refractivity contribution in [1.82, 2.24) is 0 Å². The molecule has 0 spiro atoms. The first kappa shape index (κ1) is 17.3. The van der Waals surface area contributed by atoms with Crippen LogP contribution in [-0.4, -0.2) is 30.2 Å². The number of carbonyl (C=O) groups is 2. The molecule has 2 aromatic rings. The number of methoxy groups -OCH3 is 1. The van der Waals surface area contributed by atoms with Gasteiger partial charge in [-0.25, -0.2) is 9.18 Å². The molecule has 0 radical (unpaired) electrons. The molecule has 24 heavy (non-hydrogen) atoms. The van der Waals surface area contributed by atoms with Crippen molar-refractivity contribution in [2.75, 3.05) is 12.4 Å². The largest absolute Gasteiger partial charge is 0.507 e. The van der Waals surface area contributed by atoms with Crippen molar-refractivity contribution in [3.8, 4) is 11.5 Å². The molecule has 0 saturated carbocycles. The van der Waals surface area contributed by atoms with Crippen LogP contribution in [0.3, 0.4) is 0 Å². The lowest BCUT2D eigenvalue weighted by molar-refractivity contribution is -0.123. The minimum Gasteiger partial charge on any atom is -0.507 e. The molecular weight excluding hydrogens is 317 g/mol. The first-order valence-electron chi connectivity index (χ1n) is 7.05. The minimum absolute atomic E-state index is 0.0189. The molecule has 2 N–H and O–H groups in total. The lowest BCUT2D eigenvalue weighted by atomic mass is 10.2. The number of phenols is 1. The van der Waals surface area contributed by atoms with Crippen LogP contribution in [-0.2, 0) is 9.53 Å². The van der Waals surface area contributed by atoms with Crippen molar-refractivity contribution < 1.29 is 28.6 Å². The zero-order chi connectivity index (χ0) is 17.7. The maximum Gasteiger partial charge on any atom is 0.342 e. The maximum absolute atomic E-state index is 13.5. The average molecular weight is 333 g/mol. The van der Waals surface area contributed by atoms with Gasteiger partial charge in [0.25, 0.3) is 5.91 Å². The van der Waals surface area contributed by atoms with Gasteiger partial charge in [-0.05, 0) is 37.3 Å². The van der Waals surface area contributed by atoms with Crippen LogP contribution in [0.15, 0.2) is 42.5 Å². The van der Waals surface area contributed by atoms with Crippen molar-refractivity contribution in [3.63, 3.8) is 0 Å². The number of aromatic hydroxyl groups is 1. The molecule has 2 aromatic carbocycles. The summed E-state index contributed by atoms with van der Waals surface area (Å²) < 4.78 is 23.5. The summed E-state index contributed by atoms with van der Waals surface area (Å²) >= 11 is 0. The first-order chi connectivity index (χ1) is 11.4. The highest BCUT2D eigenvalue weighted by Crippen LogP contribution is 2.24. The van der Waals surface area contributed by atoms with Crippen LogP contribution in [0.1, 0.15) is 17.3 Å². The summed E-state index contributed by atoms with van der Waals surface area (Å²) in [6.07, 6.45) is -1.19. The van der Waals surface area contributed by atoms with Crippen molar-refractivity contribution in [2.24, 2.45) is 0 Å². The topological polar surface area (TPSA) is 84.9 Å². The first-order valence-corrected chi connectivity index (χ1v) is 7.05. The Morgan fingerprint density at radius 3 is 2.58 bits per heavy atom. The van der Waals surface area contributed by atoms with Crippen molar-refractivity contribution in [2.45, 2.75) is 13.0 Å². The molecule has 0 fully saturated rings. The number of para-hydroxylation sites is 1. The third-order valence-electron chi connectivity index (χ3n) is 3.21. The highest BCUT2D eigenvalue weighted by molar-refractivity contribution is 5.98. The summed E-state index contributed by atoms with van der Waals surface area (Å²) in [7, 11) is 1.41. The number of ether oxygens (including phenoxy) is 2. The van der Waals surface area contributed by atoms with E-state index in [1.54, 1.807) is 6.07 Å². The highest BCUT2D eigenvalue weighted by Gasteiger charge is 2.22. The number of phenolic OH excluding ortho intramolecular Hbond substituents is 1. The SMILES string of the molecule is COc1ccc(O)c(C(=O)OC(C)C(=O)Nc2ccccc2F)c1. The van der Waals surface area contributed by atoms with E-state index in [2.05, 4.69) is 5.32 Å². The highest BCUT2D eigenvalue weighted by atomic mass is 19.1. The predicted molar refractivity (Wildman–Crippen MR) is 84.6 cm³/mol.